The molecule has 2 aromatic carbocycles. The summed E-state index contributed by atoms with van der Waals surface area (Å²) in [6, 6.07) is 17.4. The molecule has 0 bridgehead atoms. The summed E-state index contributed by atoms with van der Waals surface area (Å²) >= 11 is 1.48. The lowest BCUT2D eigenvalue weighted by Crippen LogP contribution is -2.05. The van der Waals surface area contributed by atoms with Crippen LogP contribution in [0.15, 0.2) is 75.3 Å². The predicted octanol–water partition coefficient (Wildman–Crippen LogP) is 5.33. The first-order valence-electron chi connectivity index (χ1n) is 7.10. The van der Waals surface area contributed by atoms with E-state index >= 15 is 0 Å². The van der Waals surface area contributed by atoms with Crippen molar-refractivity contribution in [3.05, 3.63) is 82.3 Å². The molecule has 0 atom stereocenters. The van der Waals surface area contributed by atoms with Crippen molar-refractivity contribution >= 4 is 22.3 Å². The smallest absolute Gasteiger partial charge is 0.345 e. The number of hydrogen-bond donors (Lipinski definition) is 0. The van der Waals surface area contributed by atoms with Crippen LogP contribution in [0.25, 0.3) is 32.5 Å². The number of para-hydroxylation sites is 1. The molecular weight excluding hydrogens is 311 g/mol. The molecule has 0 aliphatic rings. The Kier molecular flexibility index (Phi) is 3.32. The number of hydrogen-bond acceptors (Lipinski definition) is 3. The van der Waals surface area contributed by atoms with E-state index in [0.29, 0.717) is 11.1 Å². The van der Waals surface area contributed by atoms with Crippen LogP contribution in [0.1, 0.15) is 0 Å². The standard InChI is InChI=1S/C19H11FO2S/c20-13-9-7-12(8-10-13)17-14-4-1-2-5-15(14)22-19(21)18(17)16-6-3-11-23-16/h1-11H. The molecule has 2 aromatic heterocycles. The van der Waals surface area contributed by atoms with Gasteiger partial charge in [-0.25, -0.2) is 9.18 Å². The van der Waals surface area contributed by atoms with Crippen LogP contribution >= 0.6 is 11.3 Å². The van der Waals surface area contributed by atoms with Crippen molar-refractivity contribution in [2.75, 3.05) is 0 Å². The van der Waals surface area contributed by atoms with E-state index in [9.17, 15) is 9.18 Å². The molecule has 2 heterocycles. The number of halogens is 1. The molecule has 0 aliphatic heterocycles. The van der Waals surface area contributed by atoms with E-state index in [1.807, 2.05) is 35.7 Å². The number of fused-ring (bicyclic) bond motifs is 1. The summed E-state index contributed by atoms with van der Waals surface area (Å²) in [6.45, 7) is 0. The molecule has 23 heavy (non-hydrogen) atoms. The third kappa shape index (κ3) is 2.37. The molecule has 0 fully saturated rings. The monoisotopic (exact) mass is 322 g/mol. The second-order valence-corrected chi connectivity index (χ2v) is 6.07. The lowest BCUT2D eigenvalue weighted by Gasteiger charge is -2.11. The molecule has 0 saturated carbocycles. The van der Waals surface area contributed by atoms with Gasteiger partial charge in [-0.05, 0) is 35.2 Å². The zero-order chi connectivity index (χ0) is 15.8. The van der Waals surface area contributed by atoms with Gasteiger partial charge in [-0.2, -0.15) is 0 Å². The normalized spacial score (nSPS) is 11.0. The van der Waals surface area contributed by atoms with Gasteiger partial charge in [0.05, 0.1) is 5.56 Å². The summed E-state index contributed by atoms with van der Waals surface area (Å²) in [7, 11) is 0. The highest BCUT2D eigenvalue weighted by Crippen LogP contribution is 2.37. The van der Waals surface area contributed by atoms with Crippen LogP contribution in [0.5, 0.6) is 0 Å². The second-order valence-electron chi connectivity index (χ2n) is 5.12. The van der Waals surface area contributed by atoms with Crippen LogP contribution in [0.4, 0.5) is 4.39 Å². The average molecular weight is 322 g/mol. The summed E-state index contributed by atoms with van der Waals surface area (Å²) < 4.78 is 18.8. The number of thiophene rings is 1. The van der Waals surface area contributed by atoms with Gasteiger partial charge in [-0.1, -0.05) is 36.4 Å². The molecule has 4 aromatic rings. The third-order valence-corrected chi connectivity index (χ3v) is 4.60. The van der Waals surface area contributed by atoms with Crippen LogP contribution in [0.2, 0.25) is 0 Å². The minimum absolute atomic E-state index is 0.307. The van der Waals surface area contributed by atoms with Crippen LogP contribution < -0.4 is 5.63 Å². The Hall–Kier alpha value is -2.72. The van der Waals surface area contributed by atoms with E-state index in [1.165, 1.54) is 23.5 Å². The van der Waals surface area contributed by atoms with Crippen LogP contribution in [-0.2, 0) is 0 Å². The molecule has 4 heteroatoms. The van der Waals surface area contributed by atoms with Crippen molar-refractivity contribution in [1.29, 1.82) is 0 Å². The minimum atomic E-state index is -0.384. The largest absolute Gasteiger partial charge is 0.422 e. The number of benzene rings is 2. The summed E-state index contributed by atoms with van der Waals surface area (Å²) in [5, 5.41) is 2.75. The molecule has 112 valence electrons. The molecule has 0 spiro atoms. The Morgan fingerprint density at radius 3 is 2.39 bits per heavy atom. The summed E-state index contributed by atoms with van der Waals surface area (Å²) in [5.41, 5.74) is 2.23. The molecule has 0 aliphatic carbocycles. The van der Waals surface area contributed by atoms with E-state index in [4.69, 9.17) is 4.42 Å². The average Bonchev–Trinajstić information content (AvgIpc) is 3.08. The fraction of sp³-hybridized carbons (Fsp3) is 0. The highest BCUT2D eigenvalue weighted by molar-refractivity contribution is 7.13. The molecular formula is C19H11FO2S. The fourth-order valence-corrected chi connectivity index (χ4v) is 3.47. The second kappa shape index (κ2) is 5.48. The maximum absolute atomic E-state index is 13.3. The first-order valence-corrected chi connectivity index (χ1v) is 7.97. The maximum Gasteiger partial charge on any atom is 0.345 e. The van der Waals surface area contributed by atoms with E-state index in [-0.39, 0.29) is 11.4 Å². The molecule has 0 amide bonds. The van der Waals surface area contributed by atoms with Crippen molar-refractivity contribution in [1.82, 2.24) is 0 Å². The maximum atomic E-state index is 13.3. The van der Waals surface area contributed by atoms with E-state index in [2.05, 4.69) is 0 Å². The zero-order valence-corrected chi connectivity index (χ0v) is 12.8. The highest BCUT2D eigenvalue weighted by Gasteiger charge is 2.18. The van der Waals surface area contributed by atoms with Gasteiger partial charge in [-0.15, -0.1) is 11.3 Å². The quantitative estimate of drug-likeness (QED) is 0.467. The van der Waals surface area contributed by atoms with Crippen molar-refractivity contribution in [3.63, 3.8) is 0 Å². The van der Waals surface area contributed by atoms with Gasteiger partial charge in [0, 0.05) is 15.8 Å². The van der Waals surface area contributed by atoms with Gasteiger partial charge in [0.2, 0.25) is 0 Å². The van der Waals surface area contributed by atoms with Crippen molar-refractivity contribution in [3.8, 4) is 21.6 Å². The first-order chi connectivity index (χ1) is 11.2. The summed E-state index contributed by atoms with van der Waals surface area (Å²) in [6.07, 6.45) is 0. The zero-order valence-electron chi connectivity index (χ0n) is 12.0. The van der Waals surface area contributed by atoms with Crippen LogP contribution in [-0.4, -0.2) is 0 Å². The topological polar surface area (TPSA) is 30.2 Å². The van der Waals surface area contributed by atoms with Gasteiger partial charge in [0.15, 0.2) is 0 Å². The molecule has 2 nitrogen and oxygen atoms in total. The lowest BCUT2D eigenvalue weighted by molar-refractivity contribution is 0.564. The van der Waals surface area contributed by atoms with Gasteiger partial charge < -0.3 is 4.42 Å². The summed E-state index contributed by atoms with van der Waals surface area (Å²) in [4.78, 5) is 13.4. The van der Waals surface area contributed by atoms with Gasteiger partial charge in [0.25, 0.3) is 0 Å². The van der Waals surface area contributed by atoms with Crippen molar-refractivity contribution in [2.45, 2.75) is 0 Å². The molecule has 0 radical (unpaired) electrons. The fourth-order valence-electron chi connectivity index (χ4n) is 2.71. The Morgan fingerprint density at radius 1 is 0.870 bits per heavy atom. The third-order valence-electron chi connectivity index (χ3n) is 3.71. The van der Waals surface area contributed by atoms with Crippen LogP contribution in [0, 0.1) is 5.82 Å². The summed E-state index contributed by atoms with van der Waals surface area (Å²) in [5.74, 6) is -0.307. The first kappa shape index (κ1) is 13.9. The van der Waals surface area contributed by atoms with E-state index in [0.717, 1.165) is 21.4 Å². The molecule has 4 rings (SSSR count). The van der Waals surface area contributed by atoms with E-state index < -0.39 is 0 Å². The number of rotatable bonds is 2. The molecule has 0 saturated heterocycles. The molecule has 0 unspecified atom stereocenters. The predicted molar refractivity (Wildman–Crippen MR) is 91.2 cm³/mol. The van der Waals surface area contributed by atoms with Gasteiger partial charge in [0.1, 0.15) is 11.4 Å². The minimum Gasteiger partial charge on any atom is -0.422 e. The Morgan fingerprint density at radius 2 is 1.65 bits per heavy atom. The SMILES string of the molecule is O=c1oc2ccccc2c(-c2ccc(F)cc2)c1-c1cccs1. The highest BCUT2D eigenvalue weighted by atomic mass is 32.1. The Balaban J connectivity index is 2.16. The van der Waals surface area contributed by atoms with Crippen molar-refractivity contribution < 1.29 is 8.81 Å². The molecule has 0 N–H and O–H groups in total. The van der Waals surface area contributed by atoms with Crippen molar-refractivity contribution in [2.24, 2.45) is 0 Å². The van der Waals surface area contributed by atoms with Gasteiger partial charge >= 0.3 is 5.63 Å². The van der Waals surface area contributed by atoms with Gasteiger partial charge in [-0.3, -0.25) is 0 Å². The Labute approximate surface area is 135 Å². The lowest BCUT2D eigenvalue weighted by atomic mass is 9.96. The van der Waals surface area contributed by atoms with E-state index in [1.54, 1.807) is 18.2 Å². The Bertz CT molecular complexity index is 1030. The van der Waals surface area contributed by atoms with Crippen LogP contribution in [0.3, 0.4) is 0 Å².